The van der Waals surface area contributed by atoms with Crippen LogP contribution in [0.25, 0.3) is 0 Å². The number of non-ortho nitro benzene ring substituents is 1. The minimum atomic E-state index is -1.61. The van der Waals surface area contributed by atoms with Crippen molar-refractivity contribution in [1.29, 1.82) is 0 Å². The van der Waals surface area contributed by atoms with Gasteiger partial charge in [-0.1, -0.05) is 0 Å². The van der Waals surface area contributed by atoms with Crippen molar-refractivity contribution in [2.75, 3.05) is 12.4 Å². The number of hydrogen-bond acceptors (Lipinski definition) is 9. The molecule has 0 saturated heterocycles. The molecule has 0 aliphatic heterocycles. The molecular formula is C8H6N5O8-. The topological polar surface area (TPSA) is 191 Å². The van der Waals surface area contributed by atoms with E-state index in [4.69, 9.17) is 0 Å². The Bertz CT molecular complexity index is 665. The Morgan fingerprint density at radius 1 is 1.00 bits per heavy atom. The van der Waals surface area contributed by atoms with Gasteiger partial charge < -0.3 is 15.7 Å². The number of nitro groups is 3. The number of amidine groups is 1. The van der Waals surface area contributed by atoms with Crippen LogP contribution in [-0.2, 0) is 0 Å². The second-order valence-corrected chi connectivity index (χ2v) is 3.49. The fourth-order valence-electron chi connectivity index (χ4n) is 1.56. The van der Waals surface area contributed by atoms with E-state index < -0.39 is 48.1 Å². The highest BCUT2D eigenvalue weighted by Gasteiger charge is 2.35. The highest BCUT2D eigenvalue weighted by atomic mass is 16.8. The molecule has 0 saturated carbocycles. The lowest BCUT2D eigenvalue weighted by Gasteiger charge is -2.08. The first-order chi connectivity index (χ1) is 9.70. The summed E-state index contributed by atoms with van der Waals surface area (Å²) in [5.74, 6) is -1.61. The molecule has 0 spiro atoms. The van der Waals surface area contributed by atoms with Gasteiger partial charge in [-0.25, -0.2) is 0 Å². The van der Waals surface area contributed by atoms with Crippen molar-refractivity contribution in [2.24, 2.45) is 0 Å². The van der Waals surface area contributed by atoms with Crippen LogP contribution in [0.4, 0.5) is 17.1 Å². The van der Waals surface area contributed by atoms with Crippen molar-refractivity contribution >= 4 is 22.9 Å². The predicted octanol–water partition coefficient (Wildman–Crippen LogP) is 0.576. The molecule has 21 heavy (non-hydrogen) atoms. The van der Waals surface area contributed by atoms with Crippen LogP contribution in [0.3, 0.4) is 0 Å². The van der Waals surface area contributed by atoms with Crippen LogP contribution in [0.1, 0.15) is 5.56 Å². The molecule has 13 heteroatoms. The van der Waals surface area contributed by atoms with E-state index in [1.54, 1.807) is 0 Å². The lowest BCUT2D eigenvalue weighted by atomic mass is 10.1. The largest absolute Gasteiger partial charge is 0.607 e. The number of anilines is 1. The molecule has 0 bridgehead atoms. The van der Waals surface area contributed by atoms with Gasteiger partial charge in [0.1, 0.15) is 10.6 Å². The lowest BCUT2D eigenvalue weighted by molar-refractivity contribution is -0.475. The van der Waals surface area contributed by atoms with Crippen LogP contribution in [0.5, 0.6) is 0 Å². The van der Waals surface area contributed by atoms with Crippen molar-refractivity contribution in [2.45, 2.75) is 0 Å². The maximum atomic E-state index is 10.9. The molecule has 1 rings (SSSR count). The van der Waals surface area contributed by atoms with Gasteiger partial charge in [0.2, 0.25) is 0 Å². The summed E-state index contributed by atoms with van der Waals surface area (Å²) in [5.41, 5.74) is -3.18. The van der Waals surface area contributed by atoms with Crippen LogP contribution in [0.2, 0.25) is 0 Å². The summed E-state index contributed by atoms with van der Waals surface area (Å²) < 4.78 is 0. The average molecular weight is 300 g/mol. The minimum absolute atomic E-state index is 0.528. The number of rotatable bonds is 4. The maximum Gasteiger partial charge on any atom is 0.528 e. The highest BCUT2D eigenvalue weighted by molar-refractivity contribution is 5.98. The van der Waals surface area contributed by atoms with Gasteiger partial charge in [-0.3, -0.25) is 30.3 Å². The van der Waals surface area contributed by atoms with E-state index in [2.05, 4.69) is 5.32 Å². The van der Waals surface area contributed by atoms with E-state index >= 15 is 0 Å². The molecular weight excluding hydrogens is 294 g/mol. The Kier molecular flexibility index (Phi) is 4.17. The molecule has 1 aromatic rings. The molecule has 0 aliphatic rings. The summed E-state index contributed by atoms with van der Waals surface area (Å²) in [6.45, 7) is 0. The summed E-state index contributed by atoms with van der Waals surface area (Å²) in [4.78, 5) is 27.4. The first-order valence-electron chi connectivity index (χ1n) is 5.01. The first kappa shape index (κ1) is 15.5. The van der Waals surface area contributed by atoms with Crippen molar-refractivity contribution < 1.29 is 19.7 Å². The smallest absolute Gasteiger partial charge is 0.528 e. The number of hydrogen-bond donors (Lipinski definition) is 1. The zero-order chi connectivity index (χ0) is 16.3. The van der Waals surface area contributed by atoms with Gasteiger partial charge in [0, 0.05) is 13.1 Å². The summed E-state index contributed by atoms with van der Waals surface area (Å²) >= 11 is 0. The number of nitrogens with one attached hydrogen (secondary N) is 1. The molecule has 1 N–H and O–H groups in total. The van der Waals surface area contributed by atoms with Crippen molar-refractivity contribution in [3.05, 3.63) is 58.5 Å². The molecule has 0 aromatic heterocycles. The van der Waals surface area contributed by atoms with Gasteiger partial charge in [0.25, 0.3) is 11.4 Å². The number of nitrogens with zero attached hydrogens (tertiary/aromatic N) is 4. The van der Waals surface area contributed by atoms with Crippen LogP contribution in [-0.4, -0.2) is 32.6 Å². The Morgan fingerprint density at radius 2 is 1.57 bits per heavy atom. The van der Waals surface area contributed by atoms with E-state index in [-0.39, 0.29) is 0 Å². The third kappa shape index (κ3) is 2.91. The van der Waals surface area contributed by atoms with E-state index in [9.17, 15) is 40.8 Å². The zero-order valence-corrected chi connectivity index (χ0v) is 10.2. The second-order valence-electron chi connectivity index (χ2n) is 3.49. The molecule has 0 unspecified atom stereocenters. The Morgan fingerprint density at radius 3 is 1.90 bits per heavy atom. The van der Waals surface area contributed by atoms with E-state index in [1.807, 2.05) is 0 Å². The molecule has 0 radical (unpaired) electrons. The minimum Gasteiger partial charge on any atom is -0.607 e. The SMILES string of the molecule is CNc1c(C([N+](=O)[O-])=[N+]([O-])[O-])cc([N+](=O)[O-])cc1[N+](=O)[O-]. The monoisotopic (exact) mass is 300 g/mol. The van der Waals surface area contributed by atoms with Gasteiger partial charge in [-0.15, -0.1) is 4.90 Å². The van der Waals surface area contributed by atoms with Gasteiger partial charge in [-0.2, -0.15) is 0 Å². The molecule has 1 aromatic carbocycles. The zero-order valence-electron chi connectivity index (χ0n) is 10.2. The quantitative estimate of drug-likeness (QED) is 0.272. The Balaban J connectivity index is 3.86. The lowest BCUT2D eigenvalue weighted by Crippen LogP contribution is -2.23. The van der Waals surface area contributed by atoms with Crippen molar-refractivity contribution in [1.82, 2.24) is 0 Å². The molecule has 0 amide bonds. The third-order valence-electron chi connectivity index (χ3n) is 2.35. The third-order valence-corrected chi connectivity index (χ3v) is 2.35. The predicted molar refractivity (Wildman–Crippen MR) is 67.4 cm³/mol. The molecule has 0 fully saturated rings. The van der Waals surface area contributed by atoms with Gasteiger partial charge in [0.15, 0.2) is 5.56 Å². The standard InChI is InChI=1S/C8H6N5O8/c1-9-7-5(8(12(18)19)13(20)21)2-4(10(14)15)3-6(7)11(16)17/h2-3,9H,1H3/q-1. The number of benzene rings is 1. The first-order valence-corrected chi connectivity index (χ1v) is 5.01. The van der Waals surface area contributed by atoms with E-state index in [0.29, 0.717) is 12.1 Å². The van der Waals surface area contributed by atoms with E-state index in [1.165, 1.54) is 0 Å². The fourth-order valence-corrected chi connectivity index (χ4v) is 1.56. The number of nitro benzene ring substituents is 2. The molecule has 0 heterocycles. The van der Waals surface area contributed by atoms with Crippen LogP contribution in [0, 0.1) is 40.8 Å². The van der Waals surface area contributed by atoms with Crippen LogP contribution >= 0.6 is 0 Å². The Labute approximate surface area is 114 Å². The molecule has 0 atom stereocenters. The Hall–Kier alpha value is -3.51. The van der Waals surface area contributed by atoms with Gasteiger partial charge in [0.05, 0.1) is 15.9 Å². The summed E-state index contributed by atoms with van der Waals surface area (Å²) in [5, 5.41) is 56.0. The average Bonchev–Trinajstić information content (AvgIpc) is 2.36. The highest BCUT2D eigenvalue weighted by Crippen LogP contribution is 2.33. The molecule has 0 aliphatic carbocycles. The maximum absolute atomic E-state index is 10.9. The van der Waals surface area contributed by atoms with Crippen LogP contribution in [0.15, 0.2) is 12.1 Å². The van der Waals surface area contributed by atoms with Crippen molar-refractivity contribution in [3.8, 4) is 0 Å². The van der Waals surface area contributed by atoms with Crippen molar-refractivity contribution in [3.63, 3.8) is 0 Å². The van der Waals surface area contributed by atoms with E-state index in [0.717, 1.165) is 7.05 Å². The summed E-state index contributed by atoms with van der Waals surface area (Å²) in [6.07, 6.45) is 0. The summed E-state index contributed by atoms with van der Waals surface area (Å²) in [6, 6.07) is 1.08. The van der Waals surface area contributed by atoms with Crippen LogP contribution < -0.4 is 5.32 Å². The molecule has 112 valence electrons. The fraction of sp³-hybridized carbons (Fsp3) is 0.125. The second kappa shape index (κ2) is 5.64. The summed E-state index contributed by atoms with van der Waals surface area (Å²) in [7, 11) is 1.13. The van der Waals surface area contributed by atoms with Gasteiger partial charge in [-0.05, 0) is 0 Å². The molecule has 13 nitrogen and oxygen atoms in total. The normalized spacial score (nSPS) is 9.76. The van der Waals surface area contributed by atoms with Gasteiger partial charge >= 0.3 is 5.84 Å².